The lowest BCUT2D eigenvalue weighted by Crippen LogP contribution is -2.17. The molecule has 2 aliphatic rings. The van der Waals surface area contributed by atoms with E-state index in [9.17, 15) is 9.90 Å². The van der Waals surface area contributed by atoms with E-state index in [0.717, 1.165) is 34.1 Å². The summed E-state index contributed by atoms with van der Waals surface area (Å²) in [6, 6.07) is -0.576. The van der Waals surface area contributed by atoms with Crippen LogP contribution in [0, 0.1) is 26.7 Å². The largest absolute Gasteiger partial charge is 0.481 e. The van der Waals surface area contributed by atoms with Gasteiger partial charge in [-0.25, -0.2) is 0 Å². The lowest BCUT2D eigenvalue weighted by Gasteiger charge is -2.19. The summed E-state index contributed by atoms with van der Waals surface area (Å²) in [5, 5.41) is 19.6. The summed E-state index contributed by atoms with van der Waals surface area (Å²) < 4.78 is 1.97. The molecule has 140 valence electrons. The number of carboxylic acids is 1. The van der Waals surface area contributed by atoms with E-state index in [2.05, 4.69) is 30.1 Å². The van der Waals surface area contributed by atoms with Crippen LogP contribution in [0.25, 0.3) is 5.00 Å². The SMILES string of the molecule is Cc1sc2c(c1C)C(C1C=CC(Cl)=CC1)=N[C@@H](CC(=O)O)c1nnc(C)n1-2. The maximum absolute atomic E-state index is 11.5. The van der Waals surface area contributed by atoms with E-state index in [0.29, 0.717) is 10.9 Å². The molecule has 0 amide bonds. The van der Waals surface area contributed by atoms with Crippen molar-refractivity contribution in [2.45, 2.75) is 39.7 Å². The lowest BCUT2D eigenvalue weighted by atomic mass is 9.89. The molecule has 0 aromatic carbocycles. The van der Waals surface area contributed by atoms with Crippen LogP contribution in [0.15, 0.2) is 28.3 Å². The van der Waals surface area contributed by atoms with Crippen molar-refractivity contribution in [1.29, 1.82) is 0 Å². The summed E-state index contributed by atoms with van der Waals surface area (Å²) in [6.07, 6.45) is 6.53. The number of halogens is 1. The summed E-state index contributed by atoms with van der Waals surface area (Å²) in [5.74, 6) is 0.464. The molecule has 8 heteroatoms. The summed E-state index contributed by atoms with van der Waals surface area (Å²) in [5.41, 5.74) is 3.13. The molecule has 0 saturated heterocycles. The Kier molecular flexibility index (Phi) is 4.52. The van der Waals surface area contributed by atoms with Gasteiger partial charge < -0.3 is 5.11 Å². The molecule has 2 atom stereocenters. The van der Waals surface area contributed by atoms with E-state index < -0.39 is 12.0 Å². The van der Waals surface area contributed by atoms with Crippen molar-refractivity contribution in [2.75, 3.05) is 0 Å². The van der Waals surface area contributed by atoms with Gasteiger partial charge in [-0.05, 0) is 38.8 Å². The minimum Gasteiger partial charge on any atom is -0.481 e. The van der Waals surface area contributed by atoms with E-state index in [-0.39, 0.29) is 12.3 Å². The minimum atomic E-state index is -0.907. The monoisotopic (exact) mass is 402 g/mol. The highest BCUT2D eigenvalue weighted by molar-refractivity contribution is 7.15. The molecule has 0 radical (unpaired) electrons. The smallest absolute Gasteiger partial charge is 0.306 e. The Bertz CT molecular complexity index is 1030. The van der Waals surface area contributed by atoms with Gasteiger partial charge in [0.15, 0.2) is 5.82 Å². The van der Waals surface area contributed by atoms with Gasteiger partial charge in [0.25, 0.3) is 0 Å². The number of aryl methyl sites for hydroxylation is 2. The summed E-state index contributed by atoms with van der Waals surface area (Å²) in [6.45, 7) is 6.07. The van der Waals surface area contributed by atoms with Gasteiger partial charge in [0.05, 0.1) is 12.1 Å². The number of nitrogens with zero attached hydrogens (tertiary/aromatic N) is 4. The Balaban J connectivity index is 1.96. The van der Waals surface area contributed by atoms with Crippen molar-refractivity contribution >= 4 is 34.6 Å². The maximum atomic E-state index is 11.5. The topological polar surface area (TPSA) is 80.4 Å². The van der Waals surface area contributed by atoms with Crippen LogP contribution in [0.1, 0.15) is 46.5 Å². The number of hydrogen-bond donors (Lipinski definition) is 1. The van der Waals surface area contributed by atoms with E-state index >= 15 is 0 Å². The summed E-state index contributed by atoms with van der Waals surface area (Å²) in [4.78, 5) is 17.6. The van der Waals surface area contributed by atoms with Crippen molar-refractivity contribution in [3.8, 4) is 5.00 Å². The molecule has 3 heterocycles. The van der Waals surface area contributed by atoms with Gasteiger partial charge in [0, 0.05) is 21.4 Å². The van der Waals surface area contributed by atoms with E-state index in [1.165, 1.54) is 4.88 Å². The van der Waals surface area contributed by atoms with Gasteiger partial charge in [0.2, 0.25) is 0 Å². The number of carboxylic acid groups (broad SMARTS) is 1. The van der Waals surface area contributed by atoms with Crippen LogP contribution in [-0.2, 0) is 4.79 Å². The standard InChI is InChI=1S/C19H19ClN4O2S/c1-9-10(2)27-19-16(9)17(12-4-6-13(20)7-5-12)21-14(8-15(25)26)18-23-22-11(3)24(18)19/h4,6-7,12,14H,5,8H2,1-3H3,(H,25,26)/t12?,14-/m0/s1. The highest BCUT2D eigenvalue weighted by atomic mass is 35.5. The Morgan fingerprint density at radius 2 is 2.15 bits per heavy atom. The number of aromatic nitrogens is 3. The fourth-order valence-electron chi connectivity index (χ4n) is 3.58. The molecule has 2 aromatic rings. The zero-order valence-electron chi connectivity index (χ0n) is 15.2. The second kappa shape index (κ2) is 6.73. The zero-order chi connectivity index (χ0) is 19.3. The third kappa shape index (κ3) is 3.04. The molecule has 0 spiro atoms. The number of fused-ring (bicyclic) bond motifs is 3. The molecule has 27 heavy (non-hydrogen) atoms. The summed E-state index contributed by atoms with van der Waals surface area (Å²) in [7, 11) is 0. The Hall–Kier alpha value is -2.25. The Morgan fingerprint density at radius 1 is 1.37 bits per heavy atom. The Morgan fingerprint density at radius 3 is 2.81 bits per heavy atom. The quantitative estimate of drug-likeness (QED) is 0.831. The molecule has 4 rings (SSSR count). The number of allylic oxidation sites excluding steroid dienone is 4. The third-order valence-electron chi connectivity index (χ3n) is 5.04. The van der Waals surface area contributed by atoms with E-state index in [4.69, 9.17) is 16.6 Å². The molecule has 0 fully saturated rings. The van der Waals surface area contributed by atoms with Crippen LogP contribution >= 0.6 is 22.9 Å². The number of aliphatic imine (C=N–C) groups is 1. The van der Waals surface area contributed by atoms with Crippen LogP contribution < -0.4 is 0 Å². The number of aliphatic carboxylic acids is 1. The first-order valence-electron chi connectivity index (χ1n) is 8.72. The van der Waals surface area contributed by atoms with E-state index in [1.807, 2.05) is 23.6 Å². The second-order valence-corrected chi connectivity index (χ2v) is 8.46. The predicted octanol–water partition coefficient (Wildman–Crippen LogP) is 4.27. The minimum absolute atomic E-state index is 0.0492. The molecular formula is C19H19ClN4O2S. The maximum Gasteiger partial charge on any atom is 0.306 e. The third-order valence-corrected chi connectivity index (χ3v) is 6.52. The molecule has 2 aromatic heterocycles. The number of thiophene rings is 1. The van der Waals surface area contributed by atoms with Gasteiger partial charge in [-0.2, -0.15) is 0 Å². The fraction of sp³-hybridized carbons (Fsp3) is 0.368. The first kappa shape index (κ1) is 18.1. The average Bonchev–Trinajstić information content (AvgIpc) is 3.08. The van der Waals surface area contributed by atoms with Crippen molar-refractivity contribution in [2.24, 2.45) is 10.9 Å². The average molecular weight is 403 g/mol. The molecular weight excluding hydrogens is 384 g/mol. The number of hydrogen-bond acceptors (Lipinski definition) is 5. The first-order chi connectivity index (χ1) is 12.9. The summed E-state index contributed by atoms with van der Waals surface area (Å²) >= 11 is 7.77. The van der Waals surface area contributed by atoms with Crippen LogP contribution in [0.5, 0.6) is 0 Å². The molecule has 0 saturated carbocycles. The fourth-order valence-corrected chi connectivity index (χ4v) is 4.97. The van der Waals surface area contributed by atoms with Crippen LogP contribution in [-0.4, -0.2) is 31.6 Å². The van der Waals surface area contributed by atoms with Crippen molar-refractivity contribution in [3.05, 3.63) is 50.9 Å². The van der Waals surface area contributed by atoms with Gasteiger partial charge in [-0.15, -0.1) is 21.5 Å². The predicted molar refractivity (Wildman–Crippen MR) is 106 cm³/mol. The number of carbonyl (C=O) groups is 1. The van der Waals surface area contributed by atoms with E-state index in [1.54, 1.807) is 11.3 Å². The van der Waals surface area contributed by atoms with Crippen LogP contribution in [0.3, 0.4) is 0 Å². The highest BCUT2D eigenvalue weighted by Gasteiger charge is 2.34. The molecule has 1 aliphatic carbocycles. The molecule has 1 N–H and O–H groups in total. The molecule has 1 unspecified atom stereocenters. The first-order valence-corrected chi connectivity index (χ1v) is 9.92. The van der Waals surface area contributed by atoms with Crippen molar-refractivity contribution in [3.63, 3.8) is 0 Å². The molecule has 1 aliphatic heterocycles. The van der Waals surface area contributed by atoms with Crippen LogP contribution in [0.4, 0.5) is 0 Å². The van der Waals surface area contributed by atoms with Gasteiger partial charge in [-0.1, -0.05) is 23.8 Å². The van der Waals surface area contributed by atoms with Crippen LogP contribution in [0.2, 0.25) is 0 Å². The zero-order valence-corrected chi connectivity index (χ0v) is 16.8. The highest BCUT2D eigenvalue weighted by Crippen LogP contribution is 2.40. The van der Waals surface area contributed by atoms with Gasteiger partial charge in [0.1, 0.15) is 16.9 Å². The Labute approximate surface area is 165 Å². The second-order valence-electron chi connectivity index (χ2n) is 6.82. The van der Waals surface area contributed by atoms with Gasteiger partial charge >= 0.3 is 5.97 Å². The van der Waals surface area contributed by atoms with Gasteiger partial charge in [-0.3, -0.25) is 14.4 Å². The lowest BCUT2D eigenvalue weighted by molar-refractivity contribution is -0.137. The normalized spacial score (nSPS) is 21.2. The number of rotatable bonds is 3. The molecule has 6 nitrogen and oxygen atoms in total. The molecule has 0 bridgehead atoms. The van der Waals surface area contributed by atoms with Crippen molar-refractivity contribution < 1.29 is 9.90 Å². The van der Waals surface area contributed by atoms with Crippen molar-refractivity contribution in [1.82, 2.24) is 14.8 Å².